The zero-order chi connectivity index (χ0) is 15.7. The first-order valence-corrected chi connectivity index (χ1v) is 9.36. The van der Waals surface area contributed by atoms with Crippen LogP contribution < -0.4 is 0 Å². The third kappa shape index (κ3) is 1.80. The minimum atomic E-state index is -0.111. The van der Waals surface area contributed by atoms with Crippen LogP contribution >= 0.6 is 11.6 Å². The molecule has 3 fully saturated rings. The lowest BCUT2D eigenvalue weighted by Gasteiger charge is -2.57. The van der Waals surface area contributed by atoms with E-state index in [0.29, 0.717) is 29.2 Å². The smallest absolute Gasteiger partial charge is 0.174 e. The molecule has 2 nitrogen and oxygen atoms in total. The van der Waals surface area contributed by atoms with E-state index in [1.54, 1.807) is 0 Å². The van der Waals surface area contributed by atoms with Crippen LogP contribution in [0.2, 0.25) is 0 Å². The summed E-state index contributed by atoms with van der Waals surface area (Å²) < 4.78 is 0. The predicted octanol–water partition coefficient (Wildman–Crippen LogP) is 4.45. The van der Waals surface area contributed by atoms with Crippen LogP contribution in [0.5, 0.6) is 0 Å². The fraction of sp³-hybridized carbons (Fsp3) is 0.842. The number of rotatable bonds is 0. The van der Waals surface area contributed by atoms with Crippen LogP contribution in [-0.2, 0) is 4.79 Å². The number of aliphatic hydroxyl groups excluding tert-OH is 1. The summed E-state index contributed by atoms with van der Waals surface area (Å²) in [5.41, 5.74) is 1.52. The fourth-order valence-electron chi connectivity index (χ4n) is 6.62. The maximum atomic E-state index is 12.0. The number of hydrogen-bond acceptors (Lipinski definition) is 2. The molecule has 0 aliphatic heterocycles. The lowest BCUT2D eigenvalue weighted by molar-refractivity contribution is -0.118. The van der Waals surface area contributed by atoms with Crippen molar-refractivity contribution in [1.29, 1.82) is 0 Å². The molecule has 3 saturated carbocycles. The van der Waals surface area contributed by atoms with E-state index in [9.17, 15) is 9.90 Å². The molecular weight excluding hydrogens is 296 g/mol. The van der Waals surface area contributed by atoms with Crippen molar-refractivity contribution in [2.24, 2.45) is 28.6 Å². The van der Waals surface area contributed by atoms with Crippen molar-refractivity contribution in [2.45, 2.75) is 71.3 Å². The Morgan fingerprint density at radius 3 is 2.59 bits per heavy atom. The van der Waals surface area contributed by atoms with Crippen molar-refractivity contribution in [2.75, 3.05) is 0 Å². The molecule has 0 bridgehead atoms. The maximum Gasteiger partial charge on any atom is 0.174 e. The summed E-state index contributed by atoms with van der Waals surface area (Å²) in [7, 11) is 0. The van der Waals surface area contributed by atoms with Crippen molar-refractivity contribution in [3.05, 3.63) is 10.6 Å². The Balaban J connectivity index is 1.72. The van der Waals surface area contributed by atoms with Crippen molar-refractivity contribution < 1.29 is 9.90 Å². The second-order valence-electron chi connectivity index (χ2n) is 8.69. The zero-order valence-electron chi connectivity index (χ0n) is 13.7. The van der Waals surface area contributed by atoms with Gasteiger partial charge in [-0.2, -0.15) is 0 Å². The predicted molar refractivity (Wildman–Crippen MR) is 87.5 cm³/mol. The lowest BCUT2D eigenvalue weighted by atomic mass is 9.47. The third-order valence-corrected chi connectivity index (χ3v) is 8.44. The topological polar surface area (TPSA) is 37.3 Å². The molecule has 0 heterocycles. The second kappa shape index (κ2) is 4.83. The van der Waals surface area contributed by atoms with E-state index < -0.39 is 0 Å². The van der Waals surface area contributed by atoms with Gasteiger partial charge in [0.15, 0.2) is 5.78 Å². The van der Waals surface area contributed by atoms with Gasteiger partial charge in [-0.25, -0.2) is 0 Å². The van der Waals surface area contributed by atoms with Crippen LogP contribution in [0.4, 0.5) is 0 Å². The van der Waals surface area contributed by atoms with Gasteiger partial charge in [0, 0.05) is 6.42 Å². The third-order valence-electron chi connectivity index (χ3n) is 8.00. The molecule has 6 atom stereocenters. The number of fused-ring (bicyclic) bond motifs is 5. The normalized spacial score (nSPS) is 51.4. The molecule has 0 aromatic rings. The van der Waals surface area contributed by atoms with Gasteiger partial charge in [-0.3, -0.25) is 4.79 Å². The van der Waals surface area contributed by atoms with Gasteiger partial charge in [-0.05, 0) is 79.1 Å². The highest BCUT2D eigenvalue weighted by Crippen LogP contribution is 2.65. The zero-order valence-corrected chi connectivity index (χ0v) is 14.5. The van der Waals surface area contributed by atoms with Gasteiger partial charge in [0.2, 0.25) is 0 Å². The van der Waals surface area contributed by atoms with E-state index in [4.69, 9.17) is 11.6 Å². The highest BCUT2D eigenvalue weighted by molar-refractivity contribution is 6.43. The SMILES string of the molecule is C[C@]12CCC(=O)C(Cl)=C1CC[C@@H]1[C@H]2CC[C@]2(C)C(O)CC[C@@H]12. The first kappa shape index (κ1) is 15.2. The summed E-state index contributed by atoms with van der Waals surface area (Å²) in [5, 5.41) is 11.0. The number of carbonyl (C=O) groups excluding carboxylic acids is 1. The summed E-state index contributed by atoms with van der Waals surface area (Å²) in [4.78, 5) is 12.0. The van der Waals surface area contributed by atoms with Gasteiger partial charge >= 0.3 is 0 Å². The number of hydrogen-bond donors (Lipinski definition) is 1. The molecule has 1 N–H and O–H groups in total. The molecule has 3 heteroatoms. The van der Waals surface area contributed by atoms with E-state index >= 15 is 0 Å². The Kier molecular flexibility index (Phi) is 3.34. The van der Waals surface area contributed by atoms with Crippen molar-refractivity contribution >= 4 is 17.4 Å². The Labute approximate surface area is 138 Å². The summed E-state index contributed by atoms with van der Waals surface area (Å²) in [6.45, 7) is 4.68. The molecule has 0 saturated heterocycles. The molecule has 0 aromatic carbocycles. The van der Waals surface area contributed by atoms with Crippen molar-refractivity contribution in [3.8, 4) is 0 Å². The van der Waals surface area contributed by atoms with E-state index in [0.717, 1.165) is 32.1 Å². The Morgan fingerprint density at radius 2 is 1.82 bits per heavy atom. The van der Waals surface area contributed by atoms with E-state index in [1.165, 1.54) is 18.4 Å². The van der Waals surface area contributed by atoms with Crippen LogP contribution in [-0.4, -0.2) is 17.0 Å². The van der Waals surface area contributed by atoms with Crippen molar-refractivity contribution in [3.63, 3.8) is 0 Å². The number of ketones is 1. The van der Waals surface area contributed by atoms with Gasteiger partial charge in [-0.1, -0.05) is 25.4 Å². The molecule has 4 aliphatic rings. The molecule has 22 heavy (non-hydrogen) atoms. The quantitative estimate of drug-likeness (QED) is 0.715. The summed E-state index contributed by atoms with van der Waals surface area (Å²) in [5.74, 6) is 2.18. The molecular formula is C19H27ClO2. The van der Waals surface area contributed by atoms with Gasteiger partial charge < -0.3 is 5.11 Å². The second-order valence-corrected chi connectivity index (χ2v) is 9.06. The van der Waals surface area contributed by atoms with E-state index in [2.05, 4.69) is 13.8 Å². The largest absolute Gasteiger partial charge is 0.393 e. The van der Waals surface area contributed by atoms with E-state index in [1.807, 2.05) is 0 Å². The van der Waals surface area contributed by atoms with Crippen LogP contribution in [0.25, 0.3) is 0 Å². The molecule has 1 unspecified atom stereocenters. The monoisotopic (exact) mass is 322 g/mol. The Hall–Kier alpha value is -0.340. The number of Topliss-reactive ketones (excluding diaryl/α,β-unsaturated/α-hetero) is 1. The average molecular weight is 323 g/mol. The number of carbonyl (C=O) groups is 1. The highest BCUT2D eigenvalue weighted by Gasteiger charge is 2.59. The minimum absolute atomic E-state index is 0.111. The first-order chi connectivity index (χ1) is 10.4. The van der Waals surface area contributed by atoms with Gasteiger partial charge in [0.1, 0.15) is 0 Å². The van der Waals surface area contributed by atoms with Gasteiger partial charge in [-0.15, -0.1) is 0 Å². The Bertz CT molecular complexity index is 554. The van der Waals surface area contributed by atoms with Crippen LogP contribution in [0.1, 0.15) is 65.2 Å². The number of aliphatic hydroxyl groups is 1. The molecule has 0 spiro atoms. The summed E-state index contributed by atoms with van der Waals surface area (Å²) in [6, 6.07) is 0. The number of halogens is 1. The van der Waals surface area contributed by atoms with Crippen LogP contribution in [0, 0.1) is 28.6 Å². The molecule has 122 valence electrons. The standard InChI is InChI=1S/C19H27ClO2/c1-18-10-8-15(21)17(20)14(18)4-3-11-12-5-6-16(22)19(12,2)9-7-13(11)18/h11-13,16,22H,3-10H2,1-2H3/t11-,12-,13+,16?,18+,19-/m0/s1. The Morgan fingerprint density at radius 1 is 1.05 bits per heavy atom. The van der Waals surface area contributed by atoms with Crippen LogP contribution in [0.3, 0.4) is 0 Å². The minimum Gasteiger partial charge on any atom is -0.393 e. The highest BCUT2D eigenvalue weighted by atomic mass is 35.5. The number of allylic oxidation sites excluding steroid dienone is 1. The van der Waals surface area contributed by atoms with Gasteiger partial charge in [0.05, 0.1) is 11.1 Å². The molecule has 0 radical (unpaired) electrons. The molecule has 4 aliphatic carbocycles. The summed E-state index contributed by atoms with van der Waals surface area (Å²) >= 11 is 6.41. The average Bonchev–Trinajstić information content (AvgIpc) is 2.79. The molecule has 4 rings (SSSR count). The first-order valence-electron chi connectivity index (χ1n) is 8.98. The van der Waals surface area contributed by atoms with Gasteiger partial charge in [0.25, 0.3) is 0 Å². The van der Waals surface area contributed by atoms with E-state index in [-0.39, 0.29) is 22.7 Å². The molecule has 0 amide bonds. The fourth-order valence-corrected chi connectivity index (χ4v) is 7.03. The summed E-state index contributed by atoms with van der Waals surface area (Å²) in [6.07, 6.45) is 8.11. The lowest BCUT2D eigenvalue weighted by Crippen LogP contribution is -2.51. The van der Waals surface area contributed by atoms with Crippen molar-refractivity contribution in [1.82, 2.24) is 0 Å². The molecule has 0 aromatic heterocycles. The van der Waals surface area contributed by atoms with Crippen LogP contribution in [0.15, 0.2) is 10.6 Å². The maximum absolute atomic E-state index is 12.0.